The van der Waals surface area contributed by atoms with Gasteiger partial charge in [0.15, 0.2) is 0 Å². The fourth-order valence-electron chi connectivity index (χ4n) is 3.44. The molecule has 2 rings (SSSR count). The van der Waals surface area contributed by atoms with E-state index in [4.69, 9.17) is 0 Å². The number of benzene rings is 1. The maximum atomic E-state index is 2.66. The molecule has 3 heteroatoms. The largest absolute Gasteiger partial charge is 0.366 e. The lowest BCUT2D eigenvalue weighted by Crippen LogP contribution is -2.36. The average Bonchev–Trinajstić information content (AvgIpc) is 2.78. The Bertz CT molecular complexity index is 464. The minimum Gasteiger partial charge on any atom is -0.366 e. The van der Waals surface area contributed by atoms with E-state index in [9.17, 15) is 0 Å². The van der Waals surface area contributed by atoms with Crippen molar-refractivity contribution in [1.29, 1.82) is 0 Å². The van der Waals surface area contributed by atoms with Gasteiger partial charge in [0, 0.05) is 29.6 Å². The molecule has 118 valence electrons. The van der Waals surface area contributed by atoms with Crippen LogP contribution in [0, 0.1) is 6.92 Å². The molecule has 0 aromatic heterocycles. The molecule has 1 saturated heterocycles. The van der Waals surface area contributed by atoms with E-state index in [1.807, 2.05) is 0 Å². The molecule has 1 heterocycles. The first kappa shape index (κ1) is 16.8. The first-order valence-corrected chi connectivity index (χ1v) is 10.0. The number of anilines is 1. The highest BCUT2D eigenvalue weighted by Gasteiger charge is 2.30. The van der Waals surface area contributed by atoms with Crippen LogP contribution in [0.1, 0.15) is 45.6 Å². The lowest BCUT2D eigenvalue weighted by molar-refractivity contribution is 0.547. The summed E-state index contributed by atoms with van der Waals surface area (Å²) >= 11 is 0. The summed E-state index contributed by atoms with van der Waals surface area (Å²) in [6.07, 6.45) is 3.86. The summed E-state index contributed by atoms with van der Waals surface area (Å²) in [6.45, 7) is 12.8. The Labute approximate surface area is 132 Å². The Morgan fingerprint density at radius 3 is 2.43 bits per heavy atom. The maximum absolute atomic E-state index is 2.66. The van der Waals surface area contributed by atoms with Crippen molar-refractivity contribution in [2.45, 2.75) is 59.0 Å². The third kappa shape index (κ3) is 3.60. The first-order valence-electron chi connectivity index (χ1n) is 8.29. The lowest BCUT2D eigenvalue weighted by Gasteiger charge is -2.34. The monoisotopic (exact) mass is 306 g/mol. The highest BCUT2D eigenvalue weighted by molar-refractivity contribution is 7.62. The van der Waals surface area contributed by atoms with Crippen LogP contribution in [-0.2, 0) is 0 Å². The molecule has 0 radical (unpaired) electrons. The zero-order valence-corrected chi connectivity index (χ0v) is 15.5. The third-order valence-corrected chi connectivity index (χ3v) is 7.05. The van der Waals surface area contributed by atoms with Crippen molar-refractivity contribution in [1.82, 2.24) is 4.67 Å². The Balaban J connectivity index is 2.38. The molecule has 0 saturated carbocycles. The molecule has 3 unspecified atom stereocenters. The zero-order chi connectivity index (χ0) is 15.6. The van der Waals surface area contributed by atoms with E-state index in [2.05, 4.69) is 69.2 Å². The highest BCUT2D eigenvalue weighted by atomic mass is 31.1. The number of aryl methyl sites for hydroxylation is 1. The minimum absolute atomic E-state index is 0.242. The van der Waals surface area contributed by atoms with Gasteiger partial charge in [0.05, 0.1) is 0 Å². The Morgan fingerprint density at radius 2 is 1.86 bits per heavy atom. The van der Waals surface area contributed by atoms with Crippen molar-refractivity contribution in [3.8, 4) is 0 Å². The van der Waals surface area contributed by atoms with Crippen LogP contribution in [0.4, 0.5) is 5.69 Å². The molecule has 1 aromatic rings. The molecule has 3 atom stereocenters. The lowest BCUT2D eigenvalue weighted by atomic mass is 10.2. The molecule has 1 aliphatic heterocycles. The highest BCUT2D eigenvalue weighted by Crippen LogP contribution is 2.40. The van der Waals surface area contributed by atoms with E-state index in [1.54, 1.807) is 5.30 Å². The summed E-state index contributed by atoms with van der Waals surface area (Å²) in [6, 6.07) is 8.40. The molecule has 1 fully saturated rings. The van der Waals surface area contributed by atoms with Gasteiger partial charge in [-0.15, -0.1) is 0 Å². The smallest absolute Gasteiger partial charge is 0.0462 e. The average molecular weight is 306 g/mol. The quantitative estimate of drug-likeness (QED) is 0.746. The SMILES string of the molecule is CCCN(C)P(C)c1cc(C)ccc1N1C(C)CCC1C. The van der Waals surface area contributed by atoms with Crippen molar-refractivity contribution in [3.63, 3.8) is 0 Å². The van der Waals surface area contributed by atoms with Gasteiger partial charge in [-0.05, 0) is 74.0 Å². The van der Waals surface area contributed by atoms with Gasteiger partial charge in [0.25, 0.3) is 0 Å². The zero-order valence-electron chi connectivity index (χ0n) is 14.6. The molecule has 2 nitrogen and oxygen atoms in total. The van der Waals surface area contributed by atoms with Gasteiger partial charge in [-0.25, -0.2) is 0 Å². The second kappa shape index (κ2) is 7.11. The van der Waals surface area contributed by atoms with Crippen molar-refractivity contribution in [3.05, 3.63) is 23.8 Å². The van der Waals surface area contributed by atoms with Crippen molar-refractivity contribution in [2.24, 2.45) is 0 Å². The predicted octanol–water partition coefficient (Wildman–Crippen LogP) is 4.37. The van der Waals surface area contributed by atoms with Gasteiger partial charge in [-0.1, -0.05) is 18.6 Å². The molecular formula is C18H31N2P. The van der Waals surface area contributed by atoms with Gasteiger partial charge in [-0.2, -0.15) is 0 Å². The van der Waals surface area contributed by atoms with E-state index >= 15 is 0 Å². The van der Waals surface area contributed by atoms with Crippen LogP contribution in [0.5, 0.6) is 0 Å². The molecule has 0 bridgehead atoms. The fraction of sp³-hybridized carbons (Fsp3) is 0.667. The molecular weight excluding hydrogens is 275 g/mol. The number of nitrogens with zero attached hydrogens (tertiary/aromatic N) is 2. The molecule has 0 amide bonds. The number of hydrogen-bond acceptors (Lipinski definition) is 2. The molecule has 21 heavy (non-hydrogen) atoms. The normalized spacial score (nSPS) is 23.9. The second-order valence-corrected chi connectivity index (χ2v) is 8.79. The Kier molecular flexibility index (Phi) is 5.68. The van der Waals surface area contributed by atoms with Crippen LogP contribution in [0.15, 0.2) is 18.2 Å². The van der Waals surface area contributed by atoms with Gasteiger partial charge in [-0.3, -0.25) is 4.67 Å². The van der Waals surface area contributed by atoms with Crippen molar-refractivity contribution in [2.75, 3.05) is 25.2 Å². The van der Waals surface area contributed by atoms with Crippen molar-refractivity contribution < 1.29 is 0 Å². The van der Waals surface area contributed by atoms with Gasteiger partial charge in [0.1, 0.15) is 0 Å². The summed E-state index contributed by atoms with van der Waals surface area (Å²) in [4.78, 5) is 2.66. The van der Waals surface area contributed by atoms with Crippen LogP contribution in [0.3, 0.4) is 0 Å². The maximum Gasteiger partial charge on any atom is 0.0462 e. The van der Waals surface area contributed by atoms with Gasteiger partial charge in [0.2, 0.25) is 0 Å². The first-order chi connectivity index (χ1) is 9.95. The van der Waals surface area contributed by atoms with Crippen LogP contribution < -0.4 is 10.2 Å². The third-order valence-electron chi connectivity index (χ3n) is 4.77. The summed E-state index contributed by atoms with van der Waals surface area (Å²) in [5, 5.41) is 1.56. The van der Waals surface area contributed by atoms with Crippen LogP contribution in [-0.4, -0.2) is 37.0 Å². The Morgan fingerprint density at radius 1 is 1.24 bits per heavy atom. The van der Waals surface area contributed by atoms with E-state index in [0.717, 1.165) is 0 Å². The minimum atomic E-state index is -0.242. The van der Waals surface area contributed by atoms with Crippen LogP contribution >= 0.6 is 8.07 Å². The summed E-state index contributed by atoms with van der Waals surface area (Å²) in [5.41, 5.74) is 2.86. The second-order valence-electron chi connectivity index (χ2n) is 6.58. The van der Waals surface area contributed by atoms with Gasteiger partial charge < -0.3 is 4.90 Å². The van der Waals surface area contributed by atoms with Crippen molar-refractivity contribution >= 4 is 19.1 Å². The number of hydrogen-bond donors (Lipinski definition) is 0. The number of rotatable bonds is 5. The molecule has 1 aliphatic rings. The van der Waals surface area contributed by atoms with E-state index in [-0.39, 0.29) is 8.07 Å². The van der Waals surface area contributed by atoms with E-state index in [0.29, 0.717) is 12.1 Å². The fourth-order valence-corrected chi connectivity index (χ4v) is 5.22. The summed E-state index contributed by atoms with van der Waals surface area (Å²) in [5.74, 6) is 0. The van der Waals surface area contributed by atoms with E-state index in [1.165, 1.54) is 37.1 Å². The van der Waals surface area contributed by atoms with Crippen LogP contribution in [0.25, 0.3) is 0 Å². The summed E-state index contributed by atoms with van der Waals surface area (Å²) < 4.78 is 2.54. The van der Waals surface area contributed by atoms with E-state index < -0.39 is 0 Å². The summed E-state index contributed by atoms with van der Waals surface area (Å²) in [7, 11) is 2.03. The Hall–Kier alpha value is -0.590. The topological polar surface area (TPSA) is 6.48 Å². The molecule has 0 N–H and O–H groups in total. The molecule has 0 spiro atoms. The predicted molar refractivity (Wildman–Crippen MR) is 97.2 cm³/mol. The van der Waals surface area contributed by atoms with Crippen LogP contribution in [0.2, 0.25) is 0 Å². The standard InChI is InChI=1S/C18H31N2P/c1-7-12-19(5)21(6)18-13-14(2)8-11-17(18)20-15(3)9-10-16(20)4/h8,11,13,15-16H,7,9-10,12H2,1-6H3. The molecule has 1 aromatic carbocycles. The van der Waals surface area contributed by atoms with Gasteiger partial charge >= 0.3 is 0 Å². The molecule has 0 aliphatic carbocycles.